The fourth-order valence-electron chi connectivity index (χ4n) is 1.44. The van der Waals surface area contributed by atoms with Gasteiger partial charge in [0, 0.05) is 13.1 Å². The molecule has 0 spiro atoms. The summed E-state index contributed by atoms with van der Waals surface area (Å²) in [5.74, 6) is -0.784. The van der Waals surface area contributed by atoms with E-state index in [0.717, 1.165) is 0 Å². The minimum Gasteiger partial charge on any atom is -0.465 e. The highest BCUT2D eigenvalue weighted by Gasteiger charge is 2.31. The van der Waals surface area contributed by atoms with Crippen molar-refractivity contribution >= 4 is 12.1 Å². The number of nitriles is 1. The Bertz CT molecular complexity index is 297. The first-order chi connectivity index (χ1) is 7.15. The third-order valence-corrected chi connectivity index (χ3v) is 2.25. The molecule has 1 atom stereocenters. The lowest BCUT2D eigenvalue weighted by atomic mass is 10.1. The van der Waals surface area contributed by atoms with Crippen LogP contribution in [0.1, 0.15) is 12.8 Å². The Morgan fingerprint density at radius 2 is 2.33 bits per heavy atom. The number of carboxylic acid groups (broad SMARTS) is 1. The zero-order chi connectivity index (χ0) is 11.3. The first-order valence-electron chi connectivity index (χ1n) is 4.66. The van der Waals surface area contributed by atoms with Crippen molar-refractivity contribution in [2.75, 3.05) is 19.7 Å². The summed E-state index contributed by atoms with van der Waals surface area (Å²) in [6.45, 7) is 0.646. The van der Waals surface area contributed by atoms with Crippen molar-refractivity contribution in [1.82, 2.24) is 4.90 Å². The Kier molecular flexibility index (Phi) is 3.92. The van der Waals surface area contributed by atoms with Crippen LogP contribution < -0.4 is 0 Å². The summed E-state index contributed by atoms with van der Waals surface area (Å²) < 4.78 is 4.81. The van der Waals surface area contributed by atoms with Gasteiger partial charge in [0.1, 0.15) is 6.61 Å². The Morgan fingerprint density at radius 1 is 1.60 bits per heavy atom. The van der Waals surface area contributed by atoms with Crippen LogP contribution in [0.5, 0.6) is 0 Å². The lowest BCUT2D eigenvalue weighted by Crippen LogP contribution is -2.28. The van der Waals surface area contributed by atoms with Gasteiger partial charge in [-0.1, -0.05) is 0 Å². The third kappa shape index (κ3) is 3.13. The number of likely N-dealkylation sites (tertiary alicyclic amines) is 1. The molecule has 0 radical (unpaired) electrons. The second-order valence-electron chi connectivity index (χ2n) is 3.29. The molecule has 6 heteroatoms. The molecule has 0 aliphatic carbocycles. The van der Waals surface area contributed by atoms with Gasteiger partial charge in [-0.15, -0.1) is 0 Å². The van der Waals surface area contributed by atoms with Crippen molar-refractivity contribution in [1.29, 1.82) is 5.26 Å². The van der Waals surface area contributed by atoms with Gasteiger partial charge in [0.05, 0.1) is 18.4 Å². The van der Waals surface area contributed by atoms with E-state index in [1.54, 1.807) is 0 Å². The van der Waals surface area contributed by atoms with Crippen molar-refractivity contribution < 1.29 is 19.4 Å². The molecule has 1 N–H and O–H groups in total. The molecular formula is C9H12N2O4. The molecule has 6 nitrogen and oxygen atoms in total. The predicted molar refractivity (Wildman–Crippen MR) is 48.9 cm³/mol. The average Bonchev–Trinajstić information content (AvgIpc) is 2.66. The van der Waals surface area contributed by atoms with Crippen LogP contribution in [-0.4, -0.2) is 41.8 Å². The predicted octanol–water partition coefficient (Wildman–Crippen LogP) is 0.443. The van der Waals surface area contributed by atoms with Crippen LogP contribution in [0.15, 0.2) is 0 Å². The molecule has 0 aromatic rings. The molecule has 0 saturated carbocycles. The van der Waals surface area contributed by atoms with E-state index in [-0.39, 0.29) is 25.5 Å². The fraction of sp³-hybridized carbons (Fsp3) is 0.667. The molecule has 1 unspecified atom stereocenters. The topological polar surface area (TPSA) is 90.6 Å². The smallest absolute Gasteiger partial charge is 0.407 e. The molecule has 82 valence electrons. The van der Waals surface area contributed by atoms with Crippen molar-refractivity contribution in [2.24, 2.45) is 5.92 Å². The van der Waals surface area contributed by atoms with E-state index in [1.165, 1.54) is 4.90 Å². The highest BCUT2D eigenvalue weighted by Crippen LogP contribution is 2.17. The third-order valence-electron chi connectivity index (χ3n) is 2.25. The van der Waals surface area contributed by atoms with Gasteiger partial charge in [0.15, 0.2) is 0 Å². The summed E-state index contributed by atoms with van der Waals surface area (Å²) in [6, 6.07) is 1.86. The molecule has 1 heterocycles. The number of hydrogen-bond donors (Lipinski definition) is 1. The van der Waals surface area contributed by atoms with Crippen molar-refractivity contribution in [3.05, 3.63) is 0 Å². The minimum absolute atomic E-state index is 0.0822. The number of carbonyl (C=O) groups is 2. The van der Waals surface area contributed by atoms with Crippen LogP contribution in [-0.2, 0) is 9.53 Å². The second-order valence-corrected chi connectivity index (χ2v) is 3.29. The van der Waals surface area contributed by atoms with E-state index in [2.05, 4.69) is 0 Å². The Hall–Kier alpha value is -1.77. The van der Waals surface area contributed by atoms with Crippen LogP contribution >= 0.6 is 0 Å². The van der Waals surface area contributed by atoms with E-state index in [9.17, 15) is 9.59 Å². The molecule has 0 aromatic heterocycles. The number of hydrogen-bond acceptors (Lipinski definition) is 4. The van der Waals surface area contributed by atoms with Crippen LogP contribution in [0.4, 0.5) is 4.79 Å². The highest BCUT2D eigenvalue weighted by atomic mass is 16.5. The molecule has 0 bridgehead atoms. The molecule has 1 fully saturated rings. The Labute approximate surface area is 87.0 Å². The quantitative estimate of drug-likeness (QED) is 0.541. The first kappa shape index (κ1) is 11.3. The van der Waals surface area contributed by atoms with Crippen molar-refractivity contribution in [2.45, 2.75) is 12.8 Å². The van der Waals surface area contributed by atoms with Crippen LogP contribution in [0.3, 0.4) is 0 Å². The van der Waals surface area contributed by atoms with Crippen LogP contribution in [0.25, 0.3) is 0 Å². The van der Waals surface area contributed by atoms with Gasteiger partial charge < -0.3 is 14.7 Å². The summed E-state index contributed by atoms with van der Waals surface area (Å²) in [5, 5.41) is 16.9. The number of carbonyl (C=O) groups excluding carboxylic acids is 1. The maximum atomic E-state index is 11.3. The summed E-state index contributed by atoms with van der Waals surface area (Å²) >= 11 is 0. The number of ether oxygens (including phenoxy) is 1. The summed E-state index contributed by atoms with van der Waals surface area (Å²) in [6.07, 6.45) is -0.346. The summed E-state index contributed by atoms with van der Waals surface area (Å²) in [7, 11) is 0. The zero-order valence-electron chi connectivity index (χ0n) is 8.18. The van der Waals surface area contributed by atoms with Gasteiger partial charge in [-0.25, -0.2) is 4.79 Å². The average molecular weight is 212 g/mol. The zero-order valence-corrected chi connectivity index (χ0v) is 8.18. The van der Waals surface area contributed by atoms with E-state index in [0.29, 0.717) is 13.0 Å². The standard InChI is InChI=1S/C9H12N2O4/c10-3-1-5-15-8(12)7-2-4-11(6-7)9(13)14/h7H,1-2,4-6H2,(H,13,14). The monoisotopic (exact) mass is 212 g/mol. The molecule has 1 saturated heterocycles. The Morgan fingerprint density at radius 3 is 2.87 bits per heavy atom. The molecule has 15 heavy (non-hydrogen) atoms. The van der Waals surface area contributed by atoms with Gasteiger partial charge in [-0.2, -0.15) is 5.26 Å². The van der Waals surface area contributed by atoms with Crippen molar-refractivity contribution in [3.8, 4) is 6.07 Å². The highest BCUT2D eigenvalue weighted by molar-refractivity contribution is 5.75. The maximum Gasteiger partial charge on any atom is 0.407 e. The molecular weight excluding hydrogens is 200 g/mol. The van der Waals surface area contributed by atoms with Gasteiger partial charge >= 0.3 is 12.1 Å². The lowest BCUT2D eigenvalue weighted by molar-refractivity contribution is -0.147. The molecule has 1 amide bonds. The first-order valence-corrected chi connectivity index (χ1v) is 4.66. The summed E-state index contributed by atoms with van der Waals surface area (Å²) in [4.78, 5) is 23.1. The molecule has 1 rings (SSSR count). The van der Waals surface area contributed by atoms with Gasteiger partial charge in [0.25, 0.3) is 0 Å². The normalized spacial score (nSPS) is 19.7. The molecule has 1 aliphatic rings. The largest absolute Gasteiger partial charge is 0.465 e. The molecule has 1 aliphatic heterocycles. The van der Waals surface area contributed by atoms with Gasteiger partial charge in [-0.05, 0) is 6.42 Å². The van der Waals surface area contributed by atoms with Gasteiger partial charge in [-0.3, -0.25) is 4.79 Å². The maximum absolute atomic E-state index is 11.3. The molecule has 0 aromatic carbocycles. The van der Waals surface area contributed by atoms with Crippen LogP contribution in [0.2, 0.25) is 0 Å². The van der Waals surface area contributed by atoms with Crippen LogP contribution in [0, 0.1) is 17.2 Å². The van der Waals surface area contributed by atoms with E-state index < -0.39 is 12.1 Å². The van der Waals surface area contributed by atoms with Crippen molar-refractivity contribution in [3.63, 3.8) is 0 Å². The number of amides is 1. The Balaban J connectivity index is 2.31. The minimum atomic E-state index is -1.01. The second kappa shape index (κ2) is 5.20. The van der Waals surface area contributed by atoms with E-state index >= 15 is 0 Å². The van der Waals surface area contributed by atoms with E-state index in [4.69, 9.17) is 15.1 Å². The summed E-state index contributed by atoms with van der Waals surface area (Å²) in [5.41, 5.74) is 0. The number of esters is 1. The van der Waals surface area contributed by atoms with E-state index in [1.807, 2.05) is 6.07 Å². The number of rotatable bonds is 3. The van der Waals surface area contributed by atoms with Gasteiger partial charge in [0.2, 0.25) is 0 Å². The SMILES string of the molecule is N#CCCOC(=O)C1CCN(C(=O)O)C1. The fourth-order valence-corrected chi connectivity index (χ4v) is 1.44. The number of nitrogens with zero attached hydrogens (tertiary/aromatic N) is 2. The lowest BCUT2D eigenvalue weighted by Gasteiger charge is -2.11.